The molecule has 1 spiro atoms. The largest absolute Gasteiger partial charge is 0.466 e. The van der Waals surface area contributed by atoms with Crippen molar-refractivity contribution in [2.45, 2.75) is 114 Å². The van der Waals surface area contributed by atoms with Gasteiger partial charge in [0.2, 0.25) is 0 Å². The lowest BCUT2D eigenvalue weighted by molar-refractivity contribution is -0.166. The Labute approximate surface area is 155 Å². The van der Waals surface area contributed by atoms with Crippen molar-refractivity contribution in [2.24, 2.45) is 0 Å². The van der Waals surface area contributed by atoms with E-state index in [4.69, 9.17) is 23.7 Å². The van der Waals surface area contributed by atoms with E-state index in [9.17, 15) is 4.79 Å². The van der Waals surface area contributed by atoms with Gasteiger partial charge in [-0.15, -0.1) is 0 Å². The second-order valence-corrected chi connectivity index (χ2v) is 7.99. The average molecular weight is 368 g/mol. The third-order valence-electron chi connectivity index (χ3n) is 5.96. The summed E-state index contributed by atoms with van der Waals surface area (Å²) in [6.07, 6.45) is 15.5. The first-order chi connectivity index (χ1) is 12.7. The smallest absolute Gasteiger partial charge is 0.355 e. The van der Waals surface area contributed by atoms with Gasteiger partial charge in [-0.05, 0) is 19.8 Å². The highest BCUT2D eigenvalue weighted by Crippen LogP contribution is 2.88. The summed E-state index contributed by atoms with van der Waals surface area (Å²) in [6, 6.07) is 0. The number of hydrogen-bond donors (Lipinski definition) is 0. The van der Waals surface area contributed by atoms with Crippen LogP contribution in [0.2, 0.25) is 0 Å². The molecular weight excluding hydrogens is 336 g/mol. The lowest BCUT2D eigenvalue weighted by atomic mass is 10.0. The summed E-state index contributed by atoms with van der Waals surface area (Å²) in [6.45, 7) is 2.35. The summed E-state index contributed by atoms with van der Waals surface area (Å²) < 4.78 is 26.8. The number of ether oxygens (including phenoxy) is 5. The van der Waals surface area contributed by atoms with E-state index < -0.39 is 17.5 Å². The molecule has 26 heavy (non-hydrogen) atoms. The van der Waals surface area contributed by atoms with Crippen LogP contribution in [0.3, 0.4) is 0 Å². The molecule has 4 rings (SSSR count). The van der Waals surface area contributed by atoms with Crippen molar-refractivity contribution in [2.75, 3.05) is 6.61 Å². The zero-order valence-electron chi connectivity index (χ0n) is 15.9. The molecule has 2 atom stereocenters. The number of unbranched alkanes of at least 4 members (excludes halogenated alkanes) is 10. The summed E-state index contributed by atoms with van der Waals surface area (Å²) in [5.74, 6) is -1.68. The molecule has 6 heteroatoms. The van der Waals surface area contributed by atoms with Gasteiger partial charge in [0.05, 0.1) is 6.61 Å². The van der Waals surface area contributed by atoms with Gasteiger partial charge in [0.15, 0.2) is 0 Å². The van der Waals surface area contributed by atoms with Gasteiger partial charge in [0.1, 0.15) is 6.10 Å². The van der Waals surface area contributed by atoms with E-state index in [1.165, 1.54) is 57.8 Å². The van der Waals surface area contributed by atoms with E-state index in [1.807, 2.05) is 6.92 Å². The van der Waals surface area contributed by atoms with Gasteiger partial charge in [0.25, 0.3) is 5.79 Å². The van der Waals surface area contributed by atoms with Crippen molar-refractivity contribution in [3.63, 3.8) is 0 Å². The topological polar surface area (TPSA) is 73.1 Å². The van der Waals surface area contributed by atoms with Crippen LogP contribution < -0.4 is 0 Å². The highest BCUT2D eigenvalue weighted by atomic mass is 17.2. The Morgan fingerprint density at radius 3 is 1.92 bits per heavy atom. The van der Waals surface area contributed by atoms with Gasteiger partial charge < -0.3 is 9.47 Å². The molecular formula is C20H32O6. The lowest BCUT2D eigenvalue weighted by Crippen LogP contribution is -2.39. The van der Waals surface area contributed by atoms with Crippen LogP contribution in [0.5, 0.6) is 0 Å². The Kier molecular flexibility index (Phi) is 5.30. The van der Waals surface area contributed by atoms with Crippen LogP contribution in [0, 0.1) is 0 Å². The van der Waals surface area contributed by atoms with Gasteiger partial charge in [-0.25, -0.2) is 0 Å². The summed E-state index contributed by atoms with van der Waals surface area (Å²) in [5.41, 5.74) is 0. The number of carbonyl (C=O) groups is 1. The zero-order chi connectivity index (χ0) is 18.1. The van der Waals surface area contributed by atoms with Crippen LogP contribution >= 0.6 is 0 Å². The van der Waals surface area contributed by atoms with Gasteiger partial charge in [-0.3, -0.25) is 19.0 Å². The maximum atomic E-state index is 11.2. The number of esters is 1. The van der Waals surface area contributed by atoms with Crippen LogP contribution in [0.15, 0.2) is 0 Å². The lowest BCUT2D eigenvalue weighted by Gasteiger charge is -2.10. The van der Waals surface area contributed by atoms with Crippen molar-refractivity contribution in [1.82, 2.24) is 0 Å². The average Bonchev–Trinajstić information content (AvgIpc) is 3.49. The first-order valence-corrected chi connectivity index (χ1v) is 10.6. The highest BCUT2D eigenvalue weighted by molar-refractivity contribution is 5.69. The number of epoxide rings is 3. The fourth-order valence-corrected chi connectivity index (χ4v) is 4.25. The van der Waals surface area contributed by atoms with Crippen molar-refractivity contribution in [3.8, 4) is 0 Å². The van der Waals surface area contributed by atoms with E-state index in [-0.39, 0.29) is 12.1 Å². The van der Waals surface area contributed by atoms with Crippen molar-refractivity contribution < 1.29 is 28.5 Å². The van der Waals surface area contributed by atoms with Gasteiger partial charge in [-0.2, -0.15) is 0 Å². The van der Waals surface area contributed by atoms with Crippen LogP contribution in [0.4, 0.5) is 0 Å². The van der Waals surface area contributed by atoms with Gasteiger partial charge >= 0.3 is 17.7 Å². The molecule has 4 fully saturated rings. The zero-order valence-corrected chi connectivity index (χ0v) is 15.9. The summed E-state index contributed by atoms with van der Waals surface area (Å²) in [7, 11) is 0. The van der Waals surface area contributed by atoms with E-state index in [0.29, 0.717) is 13.0 Å². The first-order valence-electron chi connectivity index (χ1n) is 10.6. The SMILES string of the molecule is CCOC(=O)CCCCCCCCCCCCCC1OC12OC13OC12O3. The number of rotatable bonds is 15. The third-order valence-corrected chi connectivity index (χ3v) is 5.96. The third kappa shape index (κ3) is 3.30. The molecule has 0 amide bonds. The van der Waals surface area contributed by atoms with E-state index in [2.05, 4.69) is 0 Å². The van der Waals surface area contributed by atoms with Crippen LogP contribution in [0.25, 0.3) is 0 Å². The quantitative estimate of drug-likeness (QED) is 0.245. The first kappa shape index (κ1) is 18.7. The Bertz CT molecular complexity index is 514. The summed E-state index contributed by atoms with van der Waals surface area (Å²) in [5, 5.41) is 0. The molecule has 0 aromatic rings. The van der Waals surface area contributed by atoms with Crippen LogP contribution in [0.1, 0.15) is 90.4 Å². The molecule has 0 aliphatic carbocycles. The number of carbonyl (C=O) groups excluding carboxylic acids is 1. The minimum atomic E-state index is -0.650. The molecule has 4 heterocycles. The summed E-state index contributed by atoms with van der Waals surface area (Å²) in [4.78, 5) is 11.2. The standard InChI is InChI=1S/C20H32O6/c1-2-22-17(21)15-13-11-9-7-5-3-4-6-8-10-12-14-16-18(23-16)19-20(24-18,25-19)26-19/h16H,2-15H2,1H3. The molecule has 0 bridgehead atoms. The predicted octanol–water partition coefficient (Wildman–Crippen LogP) is 4.16. The Morgan fingerprint density at radius 2 is 1.42 bits per heavy atom. The Balaban J connectivity index is 0.874. The fraction of sp³-hybridized carbons (Fsp3) is 0.950. The monoisotopic (exact) mass is 368 g/mol. The minimum absolute atomic E-state index is 0.0503. The molecule has 6 nitrogen and oxygen atoms in total. The second kappa shape index (κ2) is 7.38. The molecule has 0 aromatic heterocycles. The molecule has 0 aromatic carbocycles. The van der Waals surface area contributed by atoms with E-state index in [1.54, 1.807) is 0 Å². The maximum absolute atomic E-state index is 11.2. The van der Waals surface area contributed by atoms with Crippen LogP contribution in [-0.4, -0.2) is 36.2 Å². The molecule has 148 valence electrons. The van der Waals surface area contributed by atoms with Crippen molar-refractivity contribution in [3.05, 3.63) is 0 Å². The maximum Gasteiger partial charge on any atom is 0.355 e. The normalized spacial score (nSPS) is 37.7. The van der Waals surface area contributed by atoms with E-state index in [0.717, 1.165) is 19.3 Å². The molecule has 4 saturated heterocycles. The molecule has 0 N–H and O–H groups in total. The molecule has 2 unspecified atom stereocenters. The molecule has 0 saturated carbocycles. The van der Waals surface area contributed by atoms with Gasteiger partial charge in [0, 0.05) is 6.42 Å². The molecule has 4 aliphatic rings. The van der Waals surface area contributed by atoms with Gasteiger partial charge in [-0.1, -0.05) is 64.2 Å². The Morgan fingerprint density at radius 1 is 0.846 bits per heavy atom. The minimum Gasteiger partial charge on any atom is -0.466 e. The van der Waals surface area contributed by atoms with Crippen LogP contribution in [-0.2, 0) is 28.5 Å². The Hall–Kier alpha value is -0.690. The molecule has 4 aliphatic heterocycles. The van der Waals surface area contributed by atoms with Crippen molar-refractivity contribution in [1.29, 1.82) is 0 Å². The van der Waals surface area contributed by atoms with E-state index >= 15 is 0 Å². The predicted molar refractivity (Wildman–Crippen MR) is 93.0 cm³/mol. The summed E-state index contributed by atoms with van der Waals surface area (Å²) >= 11 is 0. The number of hydrogen-bond acceptors (Lipinski definition) is 6. The van der Waals surface area contributed by atoms with Crippen molar-refractivity contribution >= 4 is 5.97 Å². The highest BCUT2D eigenvalue weighted by Gasteiger charge is 3.16. The molecule has 0 radical (unpaired) electrons. The second-order valence-electron chi connectivity index (χ2n) is 7.99. The fourth-order valence-electron chi connectivity index (χ4n) is 4.25.